The number of rotatable bonds is 4. The van der Waals surface area contributed by atoms with Gasteiger partial charge in [-0.15, -0.1) is 0 Å². The second-order valence-electron chi connectivity index (χ2n) is 10.8. The van der Waals surface area contributed by atoms with E-state index in [2.05, 4.69) is 29.9 Å². The molecule has 0 saturated carbocycles. The number of aliphatic hydroxyl groups excluding tert-OH is 1. The second kappa shape index (κ2) is 12.1. The standard InChI is InChI=1S/C20H25N10O16P3/c21-19-24-14-10(16(32)26-19)23-5-30(14)18-12(31)13-8(44-18)3-42-48(37,38)45-6-1-9(43-7(6)2-41-49(39,40)46-13)29-4-22-11-15(29)25-20(27-17(11)33)28-47(34,35)36/h4-9,12-13,18,31H,1-3H2,(H,37,38)(H,39,40)(H3,21,24,26,32)(H4,25,27,28,33,34,35,36)/t6-,7-,8+,9-,12?,13+,18-/m1/s1. The Morgan fingerprint density at radius 1 is 0.898 bits per heavy atom. The van der Waals surface area contributed by atoms with Crippen molar-refractivity contribution in [2.45, 2.75) is 49.4 Å². The van der Waals surface area contributed by atoms with Gasteiger partial charge >= 0.3 is 23.4 Å². The maximum atomic E-state index is 13.1. The Morgan fingerprint density at radius 2 is 1.51 bits per heavy atom. The first kappa shape index (κ1) is 34.0. The minimum absolute atomic E-state index is 0.123. The Kier molecular flexibility index (Phi) is 8.40. The summed E-state index contributed by atoms with van der Waals surface area (Å²) in [6.45, 7) is -1.64. The lowest BCUT2D eigenvalue weighted by atomic mass is 10.1. The minimum Gasteiger partial charge on any atom is -0.386 e. The molecule has 0 aliphatic carbocycles. The maximum absolute atomic E-state index is 13.1. The summed E-state index contributed by atoms with van der Waals surface area (Å²) in [6, 6.07) is 0. The van der Waals surface area contributed by atoms with Crippen molar-refractivity contribution in [2.24, 2.45) is 0 Å². The van der Waals surface area contributed by atoms with Gasteiger partial charge in [0.25, 0.3) is 11.1 Å². The molecule has 4 aromatic rings. The monoisotopic (exact) mass is 754 g/mol. The number of phosphoric acid groups is 2. The number of fused-ring (bicyclic) bond motifs is 4. The van der Waals surface area contributed by atoms with Crippen LogP contribution < -0.4 is 21.9 Å². The normalized spacial score (nSPS) is 34.3. The summed E-state index contributed by atoms with van der Waals surface area (Å²) < 4.78 is 72.4. The zero-order valence-corrected chi connectivity index (χ0v) is 26.8. The molecule has 0 spiro atoms. The van der Waals surface area contributed by atoms with Crippen LogP contribution in [0.5, 0.6) is 0 Å². The average molecular weight is 754 g/mol. The zero-order chi connectivity index (χ0) is 35.0. The van der Waals surface area contributed by atoms with Crippen molar-refractivity contribution in [1.29, 1.82) is 0 Å². The number of nitrogen functional groups attached to an aromatic ring is 1. The third-order valence-electron chi connectivity index (χ3n) is 7.54. The molecule has 0 bridgehead atoms. The smallest absolute Gasteiger partial charge is 0.386 e. The summed E-state index contributed by atoms with van der Waals surface area (Å²) >= 11 is 0. The first-order valence-electron chi connectivity index (χ1n) is 13.8. The van der Waals surface area contributed by atoms with Crippen LogP contribution in [0.2, 0.25) is 0 Å². The van der Waals surface area contributed by atoms with Crippen LogP contribution in [0.1, 0.15) is 18.9 Å². The quantitative estimate of drug-likeness (QED) is 0.101. The van der Waals surface area contributed by atoms with Crippen LogP contribution in [0.3, 0.4) is 0 Å². The highest BCUT2D eigenvalue weighted by molar-refractivity contribution is 7.53. The lowest BCUT2D eigenvalue weighted by Gasteiger charge is -2.27. The molecule has 3 aliphatic heterocycles. The van der Waals surface area contributed by atoms with E-state index >= 15 is 0 Å². The van der Waals surface area contributed by atoms with Crippen molar-refractivity contribution in [3.05, 3.63) is 33.4 Å². The molecule has 49 heavy (non-hydrogen) atoms. The molecule has 3 fully saturated rings. The molecule has 0 radical (unpaired) electrons. The first-order chi connectivity index (χ1) is 23.0. The van der Waals surface area contributed by atoms with E-state index in [0.29, 0.717) is 0 Å². The second-order valence-corrected chi connectivity index (χ2v) is 15.0. The fraction of sp³-hybridized carbons (Fsp3) is 0.500. The molecule has 3 saturated heterocycles. The zero-order valence-electron chi connectivity index (χ0n) is 24.1. The number of imidazole rings is 2. The number of H-pyrrole nitrogens is 2. The molecule has 4 aromatic heterocycles. The van der Waals surface area contributed by atoms with E-state index in [0.717, 1.165) is 21.8 Å². The van der Waals surface area contributed by atoms with Crippen LogP contribution >= 0.6 is 23.4 Å². The number of aromatic amines is 2. The van der Waals surface area contributed by atoms with Gasteiger partial charge in [0.15, 0.2) is 28.6 Å². The Labute approximate surface area is 269 Å². The van der Waals surface area contributed by atoms with Crippen molar-refractivity contribution in [1.82, 2.24) is 39.0 Å². The van der Waals surface area contributed by atoms with E-state index < -0.39 is 96.6 Å². The van der Waals surface area contributed by atoms with Gasteiger partial charge in [-0.05, 0) is 0 Å². The SMILES string of the molecule is Nc1nc2c(ncn2[C@@H]2O[C@H]3COP(=O)(O)O[C@@H]4C[C@H](n5cnc6c(=O)[nH]c(NP(=O)(O)O)nc65)O[C@@H]4COP(=O)(O)O[C@@H]3C2O)c(=O)[nH]1. The van der Waals surface area contributed by atoms with E-state index in [1.807, 2.05) is 0 Å². The summed E-state index contributed by atoms with van der Waals surface area (Å²) in [5.74, 6) is -0.886. The fourth-order valence-electron chi connectivity index (χ4n) is 5.52. The molecule has 0 aromatic carbocycles. The van der Waals surface area contributed by atoms with Crippen LogP contribution in [0.15, 0.2) is 22.2 Å². The number of nitrogens with zero attached hydrogens (tertiary/aromatic N) is 6. The van der Waals surface area contributed by atoms with E-state index in [1.165, 1.54) is 0 Å². The van der Waals surface area contributed by atoms with Gasteiger partial charge in [0.2, 0.25) is 11.9 Å². The fourth-order valence-corrected chi connectivity index (χ4v) is 7.83. The molecule has 26 nitrogen and oxygen atoms in total. The Morgan fingerprint density at radius 3 is 2.20 bits per heavy atom. The molecule has 10 N–H and O–H groups in total. The first-order valence-corrected chi connectivity index (χ1v) is 18.4. The highest BCUT2D eigenvalue weighted by atomic mass is 31.2. The Hall–Kier alpha value is -3.45. The van der Waals surface area contributed by atoms with E-state index in [-0.39, 0.29) is 34.7 Å². The summed E-state index contributed by atoms with van der Waals surface area (Å²) in [5, 5.41) is 12.9. The van der Waals surface area contributed by atoms with Gasteiger partial charge in [0, 0.05) is 6.42 Å². The van der Waals surface area contributed by atoms with Gasteiger partial charge in [-0.1, -0.05) is 0 Å². The molecule has 266 valence electrons. The maximum Gasteiger partial charge on any atom is 0.472 e. The molecule has 3 unspecified atom stereocenters. The van der Waals surface area contributed by atoms with Crippen molar-refractivity contribution in [2.75, 3.05) is 24.0 Å². The van der Waals surface area contributed by atoms with E-state index in [1.54, 1.807) is 5.09 Å². The number of nitrogens with one attached hydrogen (secondary N) is 3. The summed E-state index contributed by atoms with van der Waals surface area (Å²) in [6.07, 6.45) is -8.55. The lowest BCUT2D eigenvalue weighted by molar-refractivity contribution is -0.0662. The number of phosphoric ester groups is 2. The number of anilines is 2. The third kappa shape index (κ3) is 6.72. The molecule has 0 amide bonds. The van der Waals surface area contributed by atoms with Crippen LogP contribution in [-0.4, -0.2) is 107 Å². The van der Waals surface area contributed by atoms with Gasteiger partial charge in [0.1, 0.15) is 36.7 Å². The molecule has 7 rings (SSSR count). The van der Waals surface area contributed by atoms with Crippen molar-refractivity contribution in [3.63, 3.8) is 0 Å². The van der Waals surface area contributed by atoms with Crippen LogP contribution in [0.4, 0.5) is 11.9 Å². The molecule has 9 atom stereocenters. The highest BCUT2D eigenvalue weighted by Gasteiger charge is 2.52. The summed E-state index contributed by atoms with van der Waals surface area (Å²) in [5.41, 5.74) is 3.28. The molecule has 3 aliphatic rings. The topological polar surface area (TPSA) is 373 Å². The Balaban J connectivity index is 1.15. The predicted octanol–water partition coefficient (Wildman–Crippen LogP) is -2.10. The molecule has 7 heterocycles. The summed E-state index contributed by atoms with van der Waals surface area (Å²) in [7, 11) is -15.0. The number of aliphatic hydroxyl groups is 1. The Bertz CT molecular complexity index is 2200. The number of ether oxygens (including phenoxy) is 2. The molecule has 29 heteroatoms. The number of nitrogens with two attached hydrogens (primary N) is 1. The number of aromatic nitrogens is 8. The highest BCUT2D eigenvalue weighted by Crippen LogP contribution is 2.53. The minimum atomic E-state index is -5.08. The van der Waals surface area contributed by atoms with E-state index in [4.69, 9.17) is 33.3 Å². The van der Waals surface area contributed by atoms with Gasteiger partial charge in [-0.25, -0.2) is 23.7 Å². The average Bonchev–Trinajstić information content (AvgIpc) is 3.75. The van der Waals surface area contributed by atoms with E-state index in [9.17, 15) is 48.0 Å². The summed E-state index contributed by atoms with van der Waals surface area (Å²) in [4.78, 5) is 84.6. The van der Waals surface area contributed by atoms with Crippen molar-refractivity contribution in [3.8, 4) is 0 Å². The van der Waals surface area contributed by atoms with Crippen molar-refractivity contribution < 1.29 is 65.9 Å². The van der Waals surface area contributed by atoms with Gasteiger partial charge in [-0.3, -0.25) is 51.9 Å². The van der Waals surface area contributed by atoms with Crippen LogP contribution in [-0.2, 0) is 41.3 Å². The molecular weight excluding hydrogens is 729 g/mol. The lowest BCUT2D eigenvalue weighted by Crippen LogP contribution is -2.37. The van der Waals surface area contributed by atoms with Gasteiger partial charge in [0.05, 0.1) is 25.9 Å². The van der Waals surface area contributed by atoms with Crippen LogP contribution in [0, 0.1) is 0 Å². The van der Waals surface area contributed by atoms with Crippen LogP contribution in [0.25, 0.3) is 22.3 Å². The number of hydrogen-bond donors (Lipinski definition) is 9. The van der Waals surface area contributed by atoms with Crippen molar-refractivity contribution >= 4 is 57.6 Å². The third-order valence-corrected chi connectivity index (χ3v) is 10.0. The molecular formula is C20H25N10O16P3. The van der Waals surface area contributed by atoms with Gasteiger partial charge < -0.3 is 39.9 Å². The number of hydrogen-bond acceptors (Lipinski definition) is 17. The predicted molar refractivity (Wildman–Crippen MR) is 156 cm³/mol. The largest absolute Gasteiger partial charge is 0.472 e. The van der Waals surface area contributed by atoms with Gasteiger partial charge in [-0.2, -0.15) is 9.97 Å².